The van der Waals surface area contributed by atoms with Gasteiger partial charge in [0.15, 0.2) is 5.78 Å². The average molecular weight is 279 g/mol. The van der Waals surface area contributed by atoms with Gasteiger partial charge in [-0.15, -0.1) is 0 Å². The molecule has 0 saturated carbocycles. The van der Waals surface area contributed by atoms with Crippen LogP contribution < -0.4 is 4.74 Å². The van der Waals surface area contributed by atoms with E-state index < -0.39 is 11.6 Å². The Morgan fingerprint density at radius 1 is 1.26 bits per heavy atom. The van der Waals surface area contributed by atoms with E-state index in [1.54, 1.807) is 31.2 Å². The molecule has 0 saturated heterocycles. The number of halogens is 2. The third kappa shape index (κ3) is 2.61. The molecule has 19 heavy (non-hydrogen) atoms. The van der Waals surface area contributed by atoms with Crippen LogP contribution in [0.3, 0.4) is 0 Å². The van der Waals surface area contributed by atoms with Crippen molar-refractivity contribution in [3.05, 3.63) is 63.9 Å². The van der Waals surface area contributed by atoms with E-state index in [1.165, 1.54) is 19.2 Å². The largest absolute Gasteiger partial charge is 0.496 e. The normalized spacial score (nSPS) is 10.3. The first-order valence-corrected chi connectivity index (χ1v) is 6.05. The van der Waals surface area contributed by atoms with Gasteiger partial charge in [-0.25, -0.2) is 4.39 Å². The lowest BCUT2D eigenvalue weighted by atomic mass is 10.0. The minimum Gasteiger partial charge on any atom is -0.496 e. The number of ether oxygens (including phenoxy) is 1. The molecule has 0 unspecified atom stereocenters. The summed E-state index contributed by atoms with van der Waals surface area (Å²) in [5.41, 5.74) is 1.08. The van der Waals surface area contributed by atoms with Gasteiger partial charge in [0, 0.05) is 10.6 Å². The van der Waals surface area contributed by atoms with Gasteiger partial charge in [-0.3, -0.25) is 4.79 Å². The number of hydrogen-bond acceptors (Lipinski definition) is 2. The van der Waals surface area contributed by atoms with E-state index in [9.17, 15) is 9.18 Å². The molecule has 2 aromatic carbocycles. The molecule has 0 aliphatic carbocycles. The molecular formula is C15H12ClFO2. The molecule has 0 N–H and O–H groups in total. The molecule has 0 heterocycles. The predicted molar refractivity (Wildman–Crippen MR) is 72.6 cm³/mol. The van der Waals surface area contributed by atoms with Crippen LogP contribution in [0.4, 0.5) is 4.39 Å². The van der Waals surface area contributed by atoms with Crippen molar-refractivity contribution < 1.29 is 13.9 Å². The first kappa shape index (κ1) is 13.6. The van der Waals surface area contributed by atoms with Crippen molar-refractivity contribution in [1.29, 1.82) is 0 Å². The highest BCUT2D eigenvalue weighted by Gasteiger charge is 2.19. The maximum absolute atomic E-state index is 13.8. The fourth-order valence-corrected chi connectivity index (χ4v) is 1.94. The van der Waals surface area contributed by atoms with Gasteiger partial charge in [-0.05, 0) is 42.8 Å². The Labute approximate surface area is 115 Å². The molecule has 2 aromatic rings. The summed E-state index contributed by atoms with van der Waals surface area (Å²) < 4.78 is 18.9. The lowest BCUT2D eigenvalue weighted by Crippen LogP contribution is -2.07. The number of methoxy groups -OCH3 is 1. The fraction of sp³-hybridized carbons (Fsp3) is 0.133. The Hall–Kier alpha value is -1.87. The number of benzene rings is 2. The highest BCUT2D eigenvalue weighted by atomic mass is 35.5. The van der Waals surface area contributed by atoms with Gasteiger partial charge in [0.2, 0.25) is 0 Å². The zero-order chi connectivity index (χ0) is 14.0. The van der Waals surface area contributed by atoms with Crippen molar-refractivity contribution in [2.45, 2.75) is 6.92 Å². The second-order valence-electron chi connectivity index (χ2n) is 4.11. The van der Waals surface area contributed by atoms with Crippen molar-refractivity contribution in [2.24, 2.45) is 0 Å². The molecule has 0 spiro atoms. The van der Waals surface area contributed by atoms with Crippen LogP contribution >= 0.6 is 11.6 Å². The van der Waals surface area contributed by atoms with Gasteiger partial charge < -0.3 is 4.74 Å². The Balaban J connectivity index is 2.52. The summed E-state index contributed by atoms with van der Waals surface area (Å²) in [6.07, 6.45) is 0. The monoisotopic (exact) mass is 278 g/mol. The fourth-order valence-electron chi connectivity index (χ4n) is 1.83. The number of hydrogen-bond donors (Lipinski definition) is 0. The van der Waals surface area contributed by atoms with Crippen LogP contribution in [0.2, 0.25) is 5.02 Å². The summed E-state index contributed by atoms with van der Waals surface area (Å²) in [5.74, 6) is -0.802. The molecule has 2 rings (SSSR count). The van der Waals surface area contributed by atoms with Gasteiger partial charge >= 0.3 is 0 Å². The van der Waals surface area contributed by atoms with E-state index in [2.05, 4.69) is 0 Å². The summed E-state index contributed by atoms with van der Waals surface area (Å²) in [6.45, 7) is 1.79. The van der Waals surface area contributed by atoms with E-state index in [-0.39, 0.29) is 11.3 Å². The molecule has 0 fully saturated rings. The van der Waals surface area contributed by atoms with E-state index in [0.717, 1.165) is 5.56 Å². The van der Waals surface area contributed by atoms with E-state index in [4.69, 9.17) is 16.3 Å². The van der Waals surface area contributed by atoms with Crippen LogP contribution in [0.1, 0.15) is 21.5 Å². The molecule has 4 heteroatoms. The standard InChI is InChI=1S/C15H12ClFO2/c1-9-8-10(6-7-11(9)16)15(18)14-12(17)4-3-5-13(14)19-2/h3-8H,1-2H3. The molecule has 2 nitrogen and oxygen atoms in total. The van der Waals surface area contributed by atoms with Gasteiger partial charge in [-0.1, -0.05) is 17.7 Å². The van der Waals surface area contributed by atoms with Crippen LogP contribution in [0.5, 0.6) is 5.75 Å². The summed E-state index contributed by atoms with van der Waals surface area (Å²) in [4.78, 5) is 12.3. The quantitative estimate of drug-likeness (QED) is 0.793. The van der Waals surface area contributed by atoms with Crippen molar-refractivity contribution in [2.75, 3.05) is 7.11 Å². The van der Waals surface area contributed by atoms with Gasteiger partial charge in [0.25, 0.3) is 0 Å². The first-order chi connectivity index (χ1) is 9.04. The number of ketones is 1. The number of carbonyl (C=O) groups excluding carboxylic acids is 1. The van der Waals surface area contributed by atoms with Crippen molar-refractivity contribution in [1.82, 2.24) is 0 Å². The molecular weight excluding hydrogens is 267 g/mol. The maximum atomic E-state index is 13.8. The van der Waals surface area contributed by atoms with Crippen LogP contribution in [-0.4, -0.2) is 12.9 Å². The van der Waals surface area contributed by atoms with Crippen molar-refractivity contribution in [3.8, 4) is 5.75 Å². The van der Waals surface area contributed by atoms with E-state index >= 15 is 0 Å². The van der Waals surface area contributed by atoms with Crippen LogP contribution in [0.25, 0.3) is 0 Å². The summed E-state index contributed by atoms with van der Waals surface area (Å²) >= 11 is 5.91. The van der Waals surface area contributed by atoms with Gasteiger partial charge in [0.05, 0.1) is 7.11 Å². The Bertz CT molecular complexity index is 638. The lowest BCUT2D eigenvalue weighted by molar-refractivity contribution is 0.103. The Morgan fingerprint density at radius 2 is 2.00 bits per heavy atom. The van der Waals surface area contributed by atoms with Crippen molar-refractivity contribution in [3.63, 3.8) is 0 Å². The molecule has 0 bridgehead atoms. The Morgan fingerprint density at radius 3 is 2.63 bits per heavy atom. The third-order valence-corrected chi connectivity index (χ3v) is 3.27. The lowest BCUT2D eigenvalue weighted by Gasteiger charge is -2.09. The SMILES string of the molecule is COc1cccc(F)c1C(=O)c1ccc(Cl)c(C)c1. The highest BCUT2D eigenvalue weighted by molar-refractivity contribution is 6.31. The summed E-state index contributed by atoms with van der Waals surface area (Å²) in [6, 6.07) is 9.12. The molecule has 0 aliphatic rings. The number of rotatable bonds is 3. The minimum absolute atomic E-state index is 0.0632. The zero-order valence-corrected chi connectivity index (χ0v) is 11.3. The average Bonchev–Trinajstić information content (AvgIpc) is 2.40. The number of aryl methyl sites for hydroxylation is 1. The molecule has 98 valence electrons. The Kier molecular flexibility index (Phi) is 3.86. The van der Waals surface area contributed by atoms with E-state index in [0.29, 0.717) is 10.6 Å². The van der Waals surface area contributed by atoms with Crippen LogP contribution in [0, 0.1) is 12.7 Å². The third-order valence-electron chi connectivity index (χ3n) is 2.84. The second-order valence-corrected chi connectivity index (χ2v) is 4.52. The van der Waals surface area contributed by atoms with Gasteiger partial charge in [-0.2, -0.15) is 0 Å². The molecule has 0 aliphatic heterocycles. The zero-order valence-electron chi connectivity index (χ0n) is 10.5. The first-order valence-electron chi connectivity index (χ1n) is 5.68. The number of carbonyl (C=O) groups is 1. The smallest absolute Gasteiger partial charge is 0.199 e. The highest BCUT2D eigenvalue weighted by Crippen LogP contribution is 2.26. The summed E-state index contributed by atoms with van der Waals surface area (Å²) in [7, 11) is 1.40. The topological polar surface area (TPSA) is 26.3 Å². The minimum atomic E-state index is -0.600. The van der Waals surface area contributed by atoms with Crippen molar-refractivity contribution >= 4 is 17.4 Å². The second kappa shape index (κ2) is 5.41. The molecule has 0 radical (unpaired) electrons. The molecule has 0 aromatic heterocycles. The van der Waals surface area contributed by atoms with Crippen LogP contribution in [-0.2, 0) is 0 Å². The van der Waals surface area contributed by atoms with E-state index in [1.807, 2.05) is 0 Å². The summed E-state index contributed by atoms with van der Waals surface area (Å²) in [5, 5.41) is 0.567. The van der Waals surface area contributed by atoms with Crippen LogP contribution in [0.15, 0.2) is 36.4 Å². The molecule has 0 atom stereocenters. The molecule has 0 amide bonds. The maximum Gasteiger partial charge on any atom is 0.199 e. The predicted octanol–water partition coefficient (Wildman–Crippen LogP) is 4.03. The van der Waals surface area contributed by atoms with Gasteiger partial charge in [0.1, 0.15) is 17.1 Å².